The third kappa shape index (κ3) is 8.09. The number of phenolic OH excluding ortho intramolecular Hbond substituents is 1. The van der Waals surface area contributed by atoms with Crippen LogP contribution in [-0.4, -0.2) is 53.0 Å². The van der Waals surface area contributed by atoms with Crippen LogP contribution in [-0.2, 0) is 16.1 Å². The highest BCUT2D eigenvalue weighted by molar-refractivity contribution is 6.34. The van der Waals surface area contributed by atoms with E-state index in [0.717, 1.165) is 0 Å². The predicted octanol–water partition coefficient (Wildman–Crippen LogP) is 1.01. The van der Waals surface area contributed by atoms with E-state index in [1.165, 1.54) is 30.3 Å². The highest BCUT2D eigenvalue weighted by Crippen LogP contribution is 2.18. The molecule has 2 aromatic rings. The van der Waals surface area contributed by atoms with Crippen molar-refractivity contribution in [2.75, 3.05) is 13.1 Å². The van der Waals surface area contributed by atoms with Gasteiger partial charge in [0, 0.05) is 25.1 Å². The molecule has 0 fully saturated rings. The summed E-state index contributed by atoms with van der Waals surface area (Å²) in [4.78, 5) is 48.0. The summed E-state index contributed by atoms with van der Waals surface area (Å²) in [5, 5.41) is 26.2. The summed E-state index contributed by atoms with van der Waals surface area (Å²) in [5.74, 6) is -2.84. The van der Waals surface area contributed by atoms with Crippen LogP contribution in [0.4, 0.5) is 0 Å². The van der Waals surface area contributed by atoms with E-state index in [-0.39, 0.29) is 47.3 Å². The normalized spacial score (nSPS) is 11.3. The zero-order valence-electron chi connectivity index (χ0n) is 17.6. The maximum atomic E-state index is 12.5. The molecule has 0 bridgehead atoms. The van der Waals surface area contributed by atoms with Crippen LogP contribution in [0, 0.1) is 0 Å². The number of hydrogen-bond acceptors (Lipinski definition) is 6. The third-order valence-electron chi connectivity index (χ3n) is 4.55. The molecule has 3 amide bonds. The molecule has 33 heavy (non-hydrogen) atoms. The minimum absolute atomic E-state index is 0.0260. The van der Waals surface area contributed by atoms with Crippen molar-refractivity contribution < 1.29 is 29.4 Å². The summed E-state index contributed by atoms with van der Waals surface area (Å²) in [6.07, 6.45) is 0.608. The van der Waals surface area contributed by atoms with Crippen LogP contribution < -0.4 is 21.7 Å². The second-order valence-corrected chi connectivity index (χ2v) is 7.51. The fourth-order valence-electron chi connectivity index (χ4n) is 2.79. The van der Waals surface area contributed by atoms with Gasteiger partial charge >= 0.3 is 5.97 Å². The molecule has 1 atom stereocenters. The largest absolute Gasteiger partial charge is 0.508 e. The molecule has 2 aromatic carbocycles. The van der Waals surface area contributed by atoms with Crippen LogP contribution in [0.3, 0.4) is 0 Å². The lowest BCUT2D eigenvalue weighted by Crippen LogP contribution is -2.48. The van der Waals surface area contributed by atoms with Gasteiger partial charge in [0.25, 0.3) is 11.8 Å². The van der Waals surface area contributed by atoms with E-state index in [1.807, 2.05) is 0 Å². The number of hydrogen-bond donors (Lipinski definition) is 6. The van der Waals surface area contributed by atoms with Gasteiger partial charge in [-0.05, 0) is 48.9 Å². The number of phenols is 1. The van der Waals surface area contributed by atoms with Gasteiger partial charge in [0.15, 0.2) is 0 Å². The van der Waals surface area contributed by atoms with E-state index >= 15 is 0 Å². The summed E-state index contributed by atoms with van der Waals surface area (Å²) >= 11 is 6.15. The first-order valence-corrected chi connectivity index (χ1v) is 10.4. The maximum absolute atomic E-state index is 12.5. The number of carboxylic acid groups (broad SMARTS) is 1. The monoisotopic (exact) mass is 476 g/mol. The van der Waals surface area contributed by atoms with Crippen molar-refractivity contribution in [1.29, 1.82) is 0 Å². The van der Waals surface area contributed by atoms with Crippen LogP contribution in [0.1, 0.15) is 39.1 Å². The quantitative estimate of drug-likeness (QED) is 0.281. The van der Waals surface area contributed by atoms with Gasteiger partial charge in [-0.3, -0.25) is 14.4 Å². The van der Waals surface area contributed by atoms with Crippen molar-refractivity contribution in [2.24, 2.45) is 5.73 Å². The van der Waals surface area contributed by atoms with Gasteiger partial charge in [-0.25, -0.2) is 4.79 Å². The Hall–Kier alpha value is -3.63. The molecule has 0 radical (unpaired) electrons. The average Bonchev–Trinajstić information content (AvgIpc) is 2.78. The molecule has 176 valence electrons. The second-order valence-electron chi connectivity index (χ2n) is 7.11. The van der Waals surface area contributed by atoms with Gasteiger partial charge in [-0.2, -0.15) is 0 Å². The van der Waals surface area contributed by atoms with E-state index < -0.39 is 23.8 Å². The summed E-state index contributed by atoms with van der Waals surface area (Å²) in [7, 11) is 0. The summed E-state index contributed by atoms with van der Waals surface area (Å²) in [6.45, 7) is 0.191. The molecule has 2 rings (SSSR count). The molecule has 10 nitrogen and oxygen atoms in total. The van der Waals surface area contributed by atoms with Crippen molar-refractivity contribution in [3.8, 4) is 5.75 Å². The molecule has 0 saturated carbocycles. The van der Waals surface area contributed by atoms with Crippen molar-refractivity contribution in [3.05, 3.63) is 64.2 Å². The number of aromatic hydroxyl groups is 1. The van der Waals surface area contributed by atoms with Crippen LogP contribution in [0.25, 0.3) is 0 Å². The Morgan fingerprint density at radius 3 is 2.42 bits per heavy atom. The first-order chi connectivity index (χ1) is 15.7. The van der Waals surface area contributed by atoms with Crippen molar-refractivity contribution in [3.63, 3.8) is 0 Å². The molecule has 0 saturated heterocycles. The van der Waals surface area contributed by atoms with E-state index in [4.69, 9.17) is 17.3 Å². The lowest BCUT2D eigenvalue weighted by Gasteiger charge is -2.16. The van der Waals surface area contributed by atoms with Crippen LogP contribution in [0.15, 0.2) is 42.5 Å². The predicted molar refractivity (Wildman–Crippen MR) is 121 cm³/mol. The van der Waals surface area contributed by atoms with Crippen molar-refractivity contribution in [2.45, 2.75) is 25.4 Å². The number of carboxylic acids is 1. The molecule has 11 heteroatoms. The number of benzene rings is 2. The number of nitrogens with two attached hydrogens (primary N) is 1. The lowest BCUT2D eigenvalue weighted by atomic mass is 10.1. The minimum Gasteiger partial charge on any atom is -0.508 e. The van der Waals surface area contributed by atoms with Gasteiger partial charge in [0.2, 0.25) is 5.91 Å². The standard InChI is InChI=1S/C22H25ClN4O6/c23-17-10-14(20(30)26-11-13-3-1-4-15(28)9-13)6-7-16(17)21(31)27-18(22(32)33)12-25-19(29)5-2-8-24/h1,3-4,6-7,9-10,18,28H,2,5,8,11-12,24H2,(H,25,29)(H,26,30)(H,27,31)(H,32,33). The van der Waals surface area contributed by atoms with Gasteiger partial charge < -0.3 is 31.9 Å². The summed E-state index contributed by atoms with van der Waals surface area (Å²) in [5.41, 5.74) is 6.19. The highest BCUT2D eigenvalue weighted by atomic mass is 35.5. The number of halogens is 1. The average molecular weight is 477 g/mol. The molecule has 1 unspecified atom stereocenters. The first kappa shape index (κ1) is 25.6. The number of carbonyl (C=O) groups excluding carboxylic acids is 3. The molecule has 7 N–H and O–H groups in total. The van der Waals surface area contributed by atoms with Gasteiger partial charge in [-0.1, -0.05) is 23.7 Å². The van der Waals surface area contributed by atoms with Crippen LogP contribution in [0.2, 0.25) is 5.02 Å². The minimum atomic E-state index is -1.37. The Balaban J connectivity index is 1.98. The molecular formula is C22H25ClN4O6. The Morgan fingerprint density at radius 1 is 1.03 bits per heavy atom. The first-order valence-electron chi connectivity index (χ1n) is 10.1. The number of carbonyl (C=O) groups is 4. The number of amides is 3. The Kier molecular flexibility index (Phi) is 9.64. The summed E-state index contributed by atoms with van der Waals surface area (Å²) in [6, 6.07) is 9.01. The number of nitrogens with one attached hydrogen (secondary N) is 3. The van der Waals surface area contributed by atoms with Gasteiger partial charge in [0.05, 0.1) is 10.6 Å². The van der Waals surface area contributed by atoms with Crippen molar-refractivity contribution >= 4 is 35.3 Å². The smallest absolute Gasteiger partial charge is 0.328 e. The third-order valence-corrected chi connectivity index (χ3v) is 4.87. The molecule has 0 heterocycles. The molecule has 0 aromatic heterocycles. The Bertz CT molecular complexity index is 1030. The molecule has 0 aliphatic heterocycles. The number of rotatable bonds is 11. The SMILES string of the molecule is NCCCC(=O)NCC(NC(=O)c1ccc(C(=O)NCc2cccc(O)c2)cc1Cl)C(=O)O. The zero-order valence-corrected chi connectivity index (χ0v) is 18.4. The van der Waals surface area contributed by atoms with Crippen LogP contribution in [0.5, 0.6) is 5.75 Å². The van der Waals surface area contributed by atoms with Gasteiger partial charge in [-0.15, -0.1) is 0 Å². The van der Waals surface area contributed by atoms with Crippen LogP contribution >= 0.6 is 11.6 Å². The second kappa shape index (κ2) is 12.4. The topological polar surface area (TPSA) is 171 Å². The zero-order chi connectivity index (χ0) is 24.4. The fraction of sp³-hybridized carbons (Fsp3) is 0.273. The fourth-order valence-corrected chi connectivity index (χ4v) is 3.06. The Morgan fingerprint density at radius 2 is 1.79 bits per heavy atom. The number of aliphatic carboxylic acids is 1. The van der Waals surface area contributed by atoms with Gasteiger partial charge in [0.1, 0.15) is 11.8 Å². The Labute approximate surface area is 195 Å². The van der Waals surface area contributed by atoms with E-state index in [9.17, 15) is 29.4 Å². The maximum Gasteiger partial charge on any atom is 0.328 e. The molecular weight excluding hydrogens is 452 g/mol. The van der Waals surface area contributed by atoms with E-state index in [1.54, 1.807) is 12.1 Å². The lowest BCUT2D eigenvalue weighted by molar-refractivity contribution is -0.139. The molecule has 0 aliphatic rings. The highest BCUT2D eigenvalue weighted by Gasteiger charge is 2.23. The summed E-state index contributed by atoms with van der Waals surface area (Å²) < 4.78 is 0. The molecule has 0 spiro atoms. The molecule has 0 aliphatic carbocycles. The van der Waals surface area contributed by atoms with E-state index in [0.29, 0.717) is 18.5 Å². The van der Waals surface area contributed by atoms with E-state index in [2.05, 4.69) is 16.0 Å². The van der Waals surface area contributed by atoms with Crippen molar-refractivity contribution in [1.82, 2.24) is 16.0 Å².